The molecular weight excluding hydrogens is 476 g/mol. The third-order valence-electron chi connectivity index (χ3n) is 7.47. The Morgan fingerprint density at radius 2 is 1.00 bits per heavy atom. The molecule has 0 aliphatic carbocycles. The van der Waals surface area contributed by atoms with Crippen LogP contribution in [0.5, 0.6) is 0 Å². The molecule has 1 heterocycles. The lowest BCUT2D eigenvalue weighted by atomic mass is 9.90. The van der Waals surface area contributed by atoms with Crippen LogP contribution in [-0.4, -0.2) is 0 Å². The number of benzene rings is 6. The summed E-state index contributed by atoms with van der Waals surface area (Å²) < 4.78 is 1.36. The lowest BCUT2D eigenvalue weighted by Gasteiger charge is -2.15. The van der Waals surface area contributed by atoms with Crippen LogP contribution in [0.3, 0.4) is 0 Å². The normalized spacial score (nSPS) is 11.3. The van der Waals surface area contributed by atoms with Crippen LogP contribution in [0.1, 0.15) is 5.56 Å². The Morgan fingerprint density at radius 1 is 0.421 bits per heavy atom. The van der Waals surface area contributed by atoms with Gasteiger partial charge < -0.3 is 0 Å². The highest BCUT2D eigenvalue weighted by molar-refractivity contribution is 7.23. The Bertz CT molecular complexity index is 1850. The van der Waals surface area contributed by atoms with Crippen molar-refractivity contribution < 1.29 is 0 Å². The molecule has 0 spiro atoms. The van der Waals surface area contributed by atoms with Crippen molar-refractivity contribution in [2.75, 3.05) is 0 Å². The molecule has 0 N–H and O–H groups in total. The Hall–Kier alpha value is -4.46. The van der Waals surface area contributed by atoms with E-state index in [4.69, 9.17) is 0 Å². The summed E-state index contributed by atoms with van der Waals surface area (Å²) in [6.45, 7) is 2.27. The summed E-state index contributed by atoms with van der Waals surface area (Å²) in [4.78, 5) is 1.32. The first-order valence-corrected chi connectivity index (χ1v) is 13.8. The zero-order chi connectivity index (χ0) is 25.5. The van der Waals surface area contributed by atoms with Gasteiger partial charge in [0.2, 0.25) is 0 Å². The zero-order valence-corrected chi connectivity index (χ0v) is 22.0. The molecule has 0 saturated heterocycles. The molecule has 0 aliphatic rings. The van der Waals surface area contributed by atoms with Crippen LogP contribution in [0.4, 0.5) is 0 Å². The van der Waals surface area contributed by atoms with Crippen molar-refractivity contribution in [1.29, 1.82) is 0 Å². The maximum absolute atomic E-state index is 2.36. The summed E-state index contributed by atoms with van der Waals surface area (Å²) in [5.41, 5.74) is 10.1. The van der Waals surface area contributed by atoms with Crippen LogP contribution in [0.25, 0.3) is 64.7 Å². The third-order valence-corrected chi connectivity index (χ3v) is 8.68. The molecule has 0 nitrogen and oxygen atoms in total. The minimum atomic E-state index is 1.23. The van der Waals surface area contributed by atoms with Crippen molar-refractivity contribution in [3.63, 3.8) is 0 Å². The second kappa shape index (κ2) is 9.45. The topological polar surface area (TPSA) is 0 Å². The summed E-state index contributed by atoms with van der Waals surface area (Å²) >= 11 is 1.90. The fourth-order valence-electron chi connectivity index (χ4n) is 5.49. The molecule has 6 aromatic carbocycles. The van der Waals surface area contributed by atoms with Gasteiger partial charge in [-0.1, -0.05) is 115 Å². The van der Waals surface area contributed by atoms with E-state index in [1.165, 1.54) is 70.2 Å². The van der Waals surface area contributed by atoms with Crippen LogP contribution in [0.2, 0.25) is 0 Å². The summed E-state index contributed by atoms with van der Waals surface area (Å²) in [5, 5.41) is 3.94. The molecule has 0 radical (unpaired) electrons. The van der Waals surface area contributed by atoms with E-state index in [1.807, 2.05) is 11.3 Å². The van der Waals surface area contributed by atoms with Crippen molar-refractivity contribution in [1.82, 2.24) is 0 Å². The number of thiophene rings is 1. The fraction of sp³-hybridized carbons (Fsp3) is 0.0270. The lowest BCUT2D eigenvalue weighted by molar-refractivity contribution is 1.46. The average Bonchev–Trinajstić information content (AvgIpc) is 3.43. The van der Waals surface area contributed by atoms with Crippen molar-refractivity contribution in [3.05, 3.63) is 145 Å². The second-order valence-electron chi connectivity index (χ2n) is 9.82. The number of hydrogen-bond acceptors (Lipinski definition) is 1. The highest BCUT2D eigenvalue weighted by Gasteiger charge is 2.14. The van der Waals surface area contributed by atoms with Crippen molar-refractivity contribution in [2.45, 2.75) is 6.92 Å². The molecule has 0 unspecified atom stereocenters. The molecule has 0 atom stereocenters. The quantitative estimate of drug-likeness (QED) is 0.224. The van der Waals surface area contributed by atoms with Crippen LogP contribution in [-0.2, 0) is 0 Å². The van der Waals surface area contributed by atoms with Gasteiger partial charge in [-0.3, -0.25) is 0 Å². The van der Waals surface area contributed by atoms with Gasteiger partial charge in [0.1, 0.15) is 0 Å². The highest BCUT2D eigenvalue weighted by atomic mass is 32.1. The van der Waals surface area contributed by atoms with Gasteiger partial charge in [0.15, 0.2) is 0 Å². The molecule has 7 rings (SSSR count). The van der Waals surface area contributed by atoms with Crippen molar-refractivity contribution >= 4 is 32.2 Å². The molecule has 0 bridgehead atoms. The van der Waals surface area contributed by atoms with Crippen molar-refractivity contribution in [3.8, 4) is 43.8 Å². The van der Waals surface area contributed by atoms with Gasteiger partial charge in [-0.15, -0.1) is 11.3 Å². The molecule has 0 saturated carbocycles. The third kappa shape index (κ3) is 4.02. The summed E-state index contributed by atoms with van der Waals surface area (Å²) in [7, 11) is 0. The van der Waals surface area contributed by atoms with E-state index < -0.39 is 0 Å². The zero-order valence-electron chi connectivity index (χ0n) is 21.2. The van der Waals surface area contributed by atoms with Gasteiger partial charge in [0.25, 0.3) is 0 Å². The first-order valence-electron chi connectivity index (χ1n) is 13.0. The average molecular weight is 503 g/mol. The van der Waals surface area contributed by atoms with E-state index in [2.05, 4.69) is 146 Å². The van der Waals surface area contributed by atoms with Gasteiger partial charge in [-0.2, -0.15) is 0 Å². The summed E-state index contributed by atoms with van der Waals surface area (Å²) in [6, 6.07) is 50.6. The van der Waals surface area contributed by atoms with Crippen LogP contribution < -0.4 is 0 Å². The molecule has 1 heteroatoms. The molecule has 180 valence electrons. The van der Waals surface area contributed by atoms with Crippen molar-refractivity contribution in [2.24, 2.45) is 0 Å². The van der Waals surface area contributed by atoms with Gasteiger partial charge in [-0.05, 0) is 91.9 Å². The molecular formula is C37H26S. The predicted molar refractivity (Wildman–Crippen MR) is 166 cm³/mol. The van der Waals surface area contributed by atoms with Crippen LogP contribution in [0, 0.1) is 6.92 Å². The minimum Gasteiger partial charge on any atom is -0.135 e. The molecule has 0 fully saturated rings. The molecule has 1 aromatic heterocycles. The standard InChI is InChI=1S/C37H26S/c1-25-33(17-10-18-34(25)36-24-29-20-19-28-15-8-9-16-35(28)37(29)38-36)32-22-30(26-11-4-2-5-12-26)21-31(23-32)27-13-6-3-7-14-27/h2-24H,1H3. The Labute approximate surface area is 227 Å². The predicted octanol–water partition coefficient (Wildman–Crippen LogP) is 11.0. The highest BCUT2D eigenvalue weighted by Crippen LogP contribution is 2.42. The van der Waals surface area contributed by atoms with Gasteiger partial charge >= 0.3 is 0 Å². The number of hydrogen-bond donors (Lipinski definition) is 0. The largest absolute Gasteiger partial charge is 0.135 e. The SMILES string of the molecule is Cc1c(-c2cc(-c3ccccc3)cc(-c3ccccc3)c2)cccc1-c1cc2ccc3ccccc3c2s1. The first kappa shape index (κ1) is 22.7. The molecule has 0 aliphatic heterocycles. The Balaban J connectivity index is 1.40. The minimum absolute atomic E-state index is 1.23. The van der Waals surface area contributed by atoms with Gasteiger partial charge in [0.05, 0.1) is 0 Å². The molecule has 38 heavy (non-hydrogen) atoms. The molecule has 0 amide bonds. The van der Waals surface area contributed by atoms with E-state index >= 15 is 0 Å². The second-order valence-corrected chi connectivity index (χ2v) is 10.9. The smallest absolute Gasteiger partial charge is 0.0427 e. The van der Waals surface area contributed by atoms with E-state index in [0.29, 0.717) is 0 Å². The number of rotatable bonds is 4. The Kier molecular flexibility index (Phi) is 5.65. The number of fused-ring (bicyclic) bond motifs is 3. The molecule has 7 aromatic rings. The maximum Gasteiger partial charge on any atom is 0.0427 e. The maximum atomic E-state index is 2.36. The van der Waals surface area contributed by atoms with E-state index in [-0.39, 0.29) is 0 Å². The van der Waals surface area contributed by atoms with Crippen LogP contribution >= 0.6 is 11.3 Å². The monoisotopic (exact) mass is 502 g/mol. The van der Waals surface area contributed by atoms with Gasteiger partial charge in [-0.25, -0.2) is 0 Å². The van der Waals surface area contributed by atoms with E-state index in [0.717, 1.165) is 0 Å². The Morgan fingerprint density at radius 3 is 1.71 bits per heavy atom. The summed E-state index contributed by atoms with van der Waals surface area (Å²) in [5.74, 6) is 0. The van der Waals surface area contributed by atoms with Crippen LogP contribution in [0.15, 0.2) is 140 Å². The van der Waals surface area contributed by atoms with E-state index in [1.54, 1.807) is 0 Å². The lowest BCUT2D eigenvalue weighted by Crippen LogP contribution is -1.90. The first-order chi connectivity index (χ1) is 18.7. The van der Waals surface area contributed by atoms with E-state index in [9.17, 15) is 0 Å². The van der Waals surface area contributed by atoms with Gasteiger partial charge in [0, 0.05) is 9.58 Å². The fourth-order valence-corrected chi connectivity index (χ4v) is 6.77. The summed E-state index contributed by atoms with van der Waals surface area (Å²) in [6.07, 6.45) is 0.